The van der Waals surface area contributed by atoms with E-state index in [1.54, 1.807) is 0 Å². The summed E-state index contributed by atoms with van der Waals surface area (Å²) in [4.78, 5) is 0. The van der Waals surface area contributed by atoms with E-state index in [1.807, 2.05) is 0 Å². The number of hydrogen-bond acceptors (Lipinski definition) is 2. The monoisotopic (exact) mass is 258 g/mol. The first kappa shape index (κ1) is 13.1. The number of rotatable bonds is 2. The number of benzene rings is 1. The van der Waals surface area contributed by atoms with Gasteiger partial charge in [-0.1, -0.05) is 44.5 Å². The van der Waals surface area contributed by atoms with Gasteiger partial charge in [0.15, 0.2) is 0 Å². The van der Waals surface area contributed by atoms with Crippen molar-refractivity contribution in [1.29, 1.82) is 0 Å². The third kappa shape index (κ3) is 2.70. The number of fused-ring (bicyclic) bond motifs is 1. The molecule has 0 saturated heterocycles. The van der Waals surface area contributed by atoms with E-state index in [-0.39, 0.29) is 6.04 Å². The highest BCUT2D eigenvalue weighted by atomic mass is 15.0. The molecule has 0 radical (unpaired) electrons. The van der Waals surface area contributed by atoms with Crippen LogP contribution >= 0.6 is 0 Å². The maximum Gasteiger partial charge on any atom is 0.0344 e. The summed E-state index contributed by atoms with van der Waals surface area (Å²) in [6.07, 6.45) is 6.38. The zero-order chi connectivity index (χ0) is 13.5. The van der Waals surface area contributed by atoms with E-state index < -0.39 is 0 Å². The maximum absolute atomic E-state index is 6.26. The van der Waals surface area contributed by atoms with Gasteiger partial charge in [-0.3, -0.25) is 0 Å². The first-order chi connectivity index (χ1) is 9.05. The molecule has 0 spiro atoms. The van der Waals surface area contributed by atoms with Crippen molar-refractivity contribution in [3.63, 3.8) is 0 Å². The average Bonchev–Trinajstić information content (AvgIpc) is 2.66. The Bertz CT molecular complexity index is 452. The van der Waals surface area contributed by atoms with E-state index in [4.69, 9.17) is 5.73 Å². The molecule has 2 heteroatoms. The first-order valence-electron chi connectivity index (χ1n) is 7.66. The molecule has 0 heterocycles. The molecule has 2 aliphatic carbocycles. The lowest BCUT2D eigenvalue weighted by Gasteiger charge is -2.37. The Kier molecular flexibility index (Phi) is 3.40. The molecule has 0 aromatic heterocycles. The van der Waals surface area contributed by atoms with Gasteiger partial charge in [-0.2, -0.15) is 0 Å². The zero-order valence-electron chi connectivity index (χ0n) is 12.2. The molecule has 1 saturated carbocycles. The van der Waals surface area contributed by atoms with Crippen LogP contribution in [0.2, 0.25) is 0 Å². The van der Waals surface area contributed by atoms with Crippen LogP contribution in [0.4, 0.5) is 0 Å². The molecule has 0 aliphatic heterocycles. The number of nitrogens with one attached hydrogen (secondary N) is 1. The van der Waals surface area contributed by atoms with Crippen molar-refractivity contribution in [3.8, 4) is 0 Å². The second-order valence-electron chi connectivity index (χ2n) is 7.15. The van der Waals surface area contributed by atoms with Crippen molar-refractivity contribution in [2.45, 2.75) is 64.1 Å². The van der Waals surface area contributed by atoms with Crippen LogP contribution in [-0.4, -0.2) is 6.04 Å². The number of hydrogen-bond donors (Lipinski definition) is 2. The van der Waals surface area contributed by atoms with Crippen LogP contribution in [0, 0.1) is 5.41 Å². The summed E-state index contributed by atoms with van der Waals surface area (Å²) in [5, 5.41) is 3.88. The second kappa shape index (κ2) is 4.92. The molecule has 1 aromatic rings. The van der Waals surface area contributed by atoms with E-state index in [0.717, 1.165) is 6.42 Å². The van der Waals surface area contributed by atoms with Crippen LogP contribution in [0.15, 0.2) is 24.3 Å². The molecule has 1 fully saturated rings. The zero-order valence-corrected chi connectivity index (χ0v) is 12.2. The number of nitrogens with two attached hydrogens (primary N) is 1. The summed E-state index contributed by atoms with van der Waals surface area (Å²) in [5.74, 6) is 0. The van der Waals surface area contributed by atoms with E-state index in [2.05, 4.69) is 43.4 Å². The van der Waals surface area contributed by atoms with Gasteiger partial charge in [-0.15, -0.1) is 0 Å². The third-order valence-corrected chi connectivity index (χ3v) is 4.90. The van der Waals surface area contributed by atoms with Gasteiger partial charge in [0.25, 0.3) is 0 Å². The fraction of sp³-hybridized carbons (Fsp3) is 0.647. The standard InChI is InChI=1S/C17H26N2/c1-17(2)9-5-6-12(11-17)19-16-10-15(18)13-7-3-4-8-14(13)16/h3-4,7-8,12,15-16,19H,5-6,9-11,18H2,1-2H3. The predicted molar refractivity (Wildman–Crippen MR) is 79.9 cm³/mol. The third-order valence-electron chi connectivity index (χ3n) is 4.90. The molecule has 19 heavy (non-hydrogen) atoms. The van der Waals surface area contributed by atoms with Crippen LogP contribution in [-0.2, 0) is 0 Å². The molecule has 0 bridgehead atoms. The Hall–Kier alpha value is -0.860. The highest BCUT2D eigenvalue weighted by Gasteiger charge is 2.33. The van der Waals surface area contributed by atoms with Crippen molar-refractivity contribution in [2.75, 3.05) is 0 Å². The van der Waals surface area contributed by atoms with E-state index >= 15 is 0 Å². The molecular formula is C17H26N2. The van der Waals surface area contributed by atoms with Crippen LogP contribution in [0.3, 0.4) is 0 Å². The molecule has 104 valence electrons. The molecule has 2 nitrogen and oxygen atoms in total. The normalized spacial score (nSPS) is 33.1. The molecule has 3 rings (SSSR count). The van der Waals surface area contributed by atoms with Crippen molar-refractivity contribution >= 4 is 0 Å². The van der Waals surface area contributed by atoms with Crippen molar-refractivity contribution < 1.29 is 0 Å². The van der Waals surface area contributed by atoms with Crippen LogP contribution in [0.25, 0.3) is 0 Å². The van der Waals surface area contributed by atoms with Crippen molar-refractivity contribution in [1.82, 2.24) is 5.32 Å². The predicted octanol–water partition coefficient (Wildman–Crippen LogP) is 3.69. The van der Waals surface area contributed by atoms with Gasteiger partial charge in [0.2, 0.25) is 0 Å². The van der Waals surface area contributed by atoms with Gasteiger partial charge >= 0.3 is 0 Å². The highest BCUT2D eigenvalue weighted by molar-refractivity contribution is 5.37. The van der Waals surface area contributed by atoms with Gasteiger partial charge in [0.1, 0.15) is 0 Å². The van der Waals surface area contributed by atoms with Gasteiger partial charge < -0.3 is 11.1 Å². The first-order valence-corrected chi connectivity index (χ1v) is 7.66. The Morgan fingerprint density at radius 3 is 2.68 bits per heavy atom. The lowest BCUT2D eigenvalue weighted by molar-refractivity contribution is 0.188. The molecule has 2 aliphatic rings. The van der Waals surface area contributed by atoms with Gasteiger partial charge in [0, 0.05) is 18.1 Å². The summed E-state index contributed by atoms with van der Waals surface area (Å²) in [5.41, 5.74) is 9.52. The van der Waals surface area contributed by atoms with Gasteiger partial charge in [-0.25, -0.2) is 0 Å². The van der Waals surface area contributed by atoms with Gasteiger partial charge in [0.05, 0.1) is 0 Å². The topological polar surface area (TPSA) is 38.0 Å². The molecule has 3 unspecified atom stereocenters. The van der Waals surface area contributed by atoms with Crippen molar-refractivity contribution in [3.05, 3.63) is 35.4 Å². The van der Waals surface area contributed by atoms with Crippen LogP contribution in [0.5, 0.6) is 0 Å². The smallest absolute Gasteiger partial charge is 0.0344 e. The van der Waals surface area contributed by atoms with E-state index in [9.17, 15) is 0 Å². The fourth-order valence-electron chi connectivity index (χ4n) is 3.96. The summed E-state index contributed by atoms with van der Waals surface area (Å²) < 4.78 is 0. The summed E-state index contributed by atoms with van der Waals surface area (Å²) in [6.45, 7) is 4.80. The Labute approximate surface area is 116 Å². The fourth-order valence-corrected chi connectivity index (χ4v) is 3.96. The molecule has 3 N–H and O–H groups in total. The Morgan fingerprint density at radius 2 is 1.95 bits per heavy atom. The SMILES string of the molecule is CC1(C)CCCC(NC2CC(N)c3ccccc32)C1. The summed E-state index contributed by atoms with van der Waals surface area (Å²) in [7, 11) is 0. The minimum absolute atomic E-state index is 0.213. The molecular weight excluding hydrogens is 232 g/mol. The Balaban J connectivity index is 1.71. The minimum Gasteiger partial charge on any atom is -0.324 e. The highest BCUT2D eigenvalue weighted by Crippen LogP contribution is 2.40. The Morgan fingerprint density at radius 1 is 1.21 bits per heavy atom. The van der Waals surface area contributed by atoms with E-state index in [0.29, 0.717) is 17.5 Å². The molecule has 3 atom stereocenters. The average molecular weight is 258 g/mol. The lowest BCUT2D eigenvalue weighted by Crippen LogP contribution is -2.38. The van der Waals surface area contributed by atoms with Crippen LogP contribution in [0.1, 0.15) is 69.2 Å². The lowest BCUT2D eigenvalue weighted by atomic mass is 9.75. The molecule has 1 aromatic carbocycles. The maximum atomic E-state index is 6.26. The summed E-state index contributed by atoms with van der Waals surface area (Å²) >= 11 is 0. The second-order valence-corrected chi connectivity index (χ2v) is 7.15. The van der Waals surface area contributed by atoms with Gasteiger partial charge in [-0.05, 0) is 42.2 Å². The summed E-state index contributed by atoms with van der Waals surface area (Å²) in [6, 6.07) is 10.0. The quantitative estimate of drug-likeness (QED) is 0.849. The largest absolute Gasteiger partial charge is 0.324 e. The van der Waals surface area contributed by atoms with Crippen molar-refractivity contribution in [2.24, 2.45) is 11.1 Å². The molecule has 0 amide bonds. The van der Waals surface area contributed by atoms with E-state index in [1.165, 1.54) is 36.8 Å². The van der Waals surface area contributed by atoms with Crippen LogP contribution < -0.4 is 11.1 Å². The minimum atomic E-state index is 0.213.